The number of aryl methyl sites for hydroxylation is 2. The molecule has 4 aromatic carbocycles. The molecular weight excluding hydrogens is 854 g/mol. The van der Waals surface area contributed by atoms with Gasteiger partial charge in [-0.2, -0.15) is 0 Å². The number of rotatable bonds is 10. The summed E-state index contributed by atoms with van der Waals surface area (Å²) in [4.78, 5) is 82.3. The van der Waals surface area contributed by atoms with E-state index in [4.69, 9.17) is 4.74 Å². The van der Waals surface area contributed by atoms with E-state index in [1.54, 1.807) is 31.4 Å². The number of hydrogen-bond donors (Lipinski definition) is 2. The Morgan fingerprint density at radius 1 is 0.569 bits per heavy atom. The molecule has 0 aliphatic carbocycles. The van der Waals surface area contributed by atoms with Gasteiger partial charge in [-0.05, 0) is 70.8 Å². The number of aromatic nitrogens is 8. The maximum absolute atomic E-state index is 12.6. The van der Waals surface area contributed by atoms with Crippen LogP contribution in [0.5, 0.6) is 11.5 Å². The molecule has 4 heterocycles. The SMILES string of the molecule is COc1cccc(-c2ccc(NC(=O)Cn3cnc4c3c(=O)n(C)c(=O)n4C)cc2)c1.Cn1c(=O)c2c(ncn2CC(=O)Nc2ccc(-c3ccc(OC(F)(F)F)cc3)cc2)n(C)c1=O. The Morgan fingerprint density at radius 3 is 1.40 bits per heavy atom. The van der Waals surface area contributed by atoms with Crippen LogP contribution in [0, 0.1) is 0 Å². The van der Waals surface area contributed by atoms with E-state index in [-0.39, 0.29) is 47.1 Å². The number of ether oxygens (including phenoxy) is 2. The molecule has 0 bridgehead atoms. The van der Waals surface area contributed by atoms with Gasteiger partial charge in [-0.15, -0.1) is 13.2 Å². The largest absolute Gasteiger partial charge is 0.573 e. The number of benzene rings is 4. The Hall–Kier alpha value is -8.49. The lowest BCUT2D eigenvalue weighted by Crippen LogP contribution is -2.37. The van der Waals surface area contributed by atoms with Gasteiger partial charge in [0, 0.05) is 39.6 Å². The second-order valence-electron chi connectivity index (χ2n) is 14.6. The standard InChI is InChI=1S/C22H18F3N5O4.C22H21N5O4/c1-28-19-18(20(32)29(2)21(28)33)30(12-26-19)11-17(31)27-15-7-3-13(4-8-15)14-5-9-16(10-6-14)34-22(23,24)25;1-25-20-19(21(29)26(2)22(25)30)27(13-23-20)12-18(28)24-16-9-7-14(8-10-16)15-5-4-6-17(11-15)31-3/h3-10,12H,11H2,1-2H3,(H,27,31);4-11,13H,12H2,1-3H3,(H,24,28). The molecule has 0 aliphatic heterocycles. The van der Waals surface area contributed by atoms with Crippen LogP contribution in [0.15, 0.2) is 129 Å². The normalized spacial score (nSPS) is 11.3. The third kappa shape index (κ3) is 9.62. The van der Waals surface area contributed by atoms with Crippen LogP contribution in [0.25, 0.3) is 44.6 Å². The first-order valence-electron chi connectivity index (χ1n) is 19.4. The Kier molecular flexibility index (Phi) is 12.4. The summed E-state index contributed by atoms with van der Waals surface area (Å²) in [6.45, 7) is -0.312. The molecule has 0 saturated carbocycles. The number of halogens is 3. The highest BCUT2D eigenvalue weighted by Crippen LogP contribution is 2.28. The van der Waals surface area contributed by atoms with Gasteiger partial charge in [0.05, 0.1) is 19.8 Å². The van der Waals surface area contributed by atoms with Crippen molar-refractivity contribution >= 4 is 45.5 Å². The zero-order chi connectivity index (χ0) is 46.7. The lowest BCUT2D eigenvalue weighted by Gasteiger charge is -2.10. The molecule has 0 fully saturated rings. The molecule has 0 spiro atoms. The number of nitrogens with zero attached hydrogens (tertiary/aromatic N) is 8. The quantitative estimate of drug-likeness (QED) is 0.199. The Bertz CT molecular complexity index is 3330. The minimum Gasteiger partial charge on any atom is -0.497 e. The number of amides is 2. The summed E-state index contributed by atoms with van der Waals surface area (Å²) in [6, 6.07) is 27.2. The summed E-state index contributed by atoms with van der Waals surface area (Å²) in [6.07, 6.45) is -2.05. The Balaban J connectivity index is 0.000000195. The smallest absolute Gasteiger partial charge is 0.497 e. The van der Waals surface area contributed by atoms with Gasteiger partial charge in [-0.25, -0.2) is 19.6 Å². The fraction of sp³-hybridized carbons (Fsp3) is 0.182. The molecule has 8 aromatic rings. The number of methoxy groups -OCH3 is 1. The van der Waals surface area contributed by atoms with E-state index >= 15 is 0 Å². The molecule has 65 heavy (non-hydrogen) atoms. The monoisotopic (exact) mass is 892 g/mol. The average Bonchev–Trinajstić information content (AvgIpc) is 3.91. The first-order chi connectivity index (χ1) is 30.9. The fourth-order valence-corrected chi connectivity index (χ4v) is 6.89. The van der Waals surface area contributed by atoms with Gasteiger partial charge in [-0.1, -0.05) is 48.5 Å². The number of alkyl halides is 3. The number of imidazole rings is 2. The van der Waals surface area contributed by atoms with Crippen molar-refractivity contribution in [1.82, 2.24) is 37.4 Å². The number of carbonyl (C=O) groups is 2. The molecule has 0 unspecified atom stereocenters. The highest BCUT2D eigenvalue weighted by atomic mass is 19.4. The minimum absolute atomic E-state index is 0.110. The van der Waals surface area contributed by atoms with Crippen molar-refractivity contribution in [1.29, 1.82) is 0 Å². The molecule has 0 atom stereocenters. The van der Waals surface area contributed by atoms with E-state index in [9.17, 15) is 41.9 Å². The lowest BCUT2D eigenvalue weighted by atomic mass is 10.1. The molecule has 4 aromatic heterocycles. The summed E-state index contributed by atoms with van der Waals surface area (Å²) in [5.74, 6) is -0.283. The van der Waals surface area contributed by atoms with Gasteiger partial charge in [0.15, 0.2) is 22.3 Å². The summed E-state index contributed by atoms with van der Waals surface area (Å²) >= 11 is 0. The van der Waals surface area contributed by atoms with Gasteiger partial charge < -0.3 is 29.2 Å². The lowest BCUT2D eigenvalue weighted by molar-refractivity contribution is -0.274. The van der Waals surface area contributed by atoms with E-state index in [1.807, 2.05) is 48.5 Å². The molecule has 0 radical (unpaired) electrons. The first-order valence-corrected chi connectivity index (χ1v) is 19.4. The van der Waals surface area contributed by atoms with Crippen molar-refractivity contribution in [3.63, 3.8) is 0 Å². The average molecular weight is 893 g/mol. The summed E-state index contributed by atoms with van der Waals surface area (Å²) in [5, 5.41) is 5.53. The van der Waals surface area contributed by atoms with E-state index in [1.165, 1.54) is 83.4 Å². The van der Waals surface area contributed by atoms with Crippen LogP contribution in [-0.4, -0.2) is 62.7 Å². The van der Waals surface area contributed by atoms with Crippen LogP contribution in [0.1, 0.15) is 0 Å². The van der Waals surface area contributed by atoms with E-state index in [2.05, 4.69) is 25.3 Å². The number of carbonyl (C=O) groups excluding carboxylic acids is 2. The second kappa shape index (κ2) is 18.1. The van der Waals surface area contributed by atoms with Crippen molar-refractivity contribution in [3.8, 4) is 33.8 Å². The van der Waals surface area contributed by atoms with Crippen LogP contribution < -0.4 is 42.6 Å². The zero-order valence-corrected chi connectivity index (χ0v) is 35.3. The number of fused-ring (bicyclic) bond motifs is 2. The van der Waals surface area contributed by atoms with Crippen molar-refractivity contribution in [3.05, 3.63) is 151 Å². The first kappa shape index (κ1) is 44.6. The summed E-state index contributed by atoms with van der Waals surface area (Å²) in [7, 11) is 7.38. The minimum atomic E-state index is -4.76. The van der Waals surface area contributed by atoms with Crippen molar-refractivity contribution in [2.24, 2.45) is 28.2 Å². The van der Waals surface area contributed by atoms with Crippen molar-refractivity contribution in [2.75, 3.05) is 17.7 Å². The molecular formula is C44H39F3N10O8. The van der Waals surface area contributed by atoms with Crippen LogP contribution in [0.2, 0.25) is 0 Å². The van der Waals surface area contributed by atoms with Crippen LogP contribution >= 0.6 is 0 Å². The van der Waals surface area contributed by atoms with Crippen LogP contribution in [0.3, 0.4) is 0 Å². The molecule has 18 nitrogen and oxygen atoms in total. The highest BCUT2D eigenvalue weighted by molar-refractivity contribution is 5.92. The maximum atomic E-state index is 12.6. The predicted molar refractivity (Wildman–Crippen MR) is 235 cm³/mol. The topological polar surface area (TPSA) is 200 Å². The van der Waals surface area contributed by atoms with Gasteiger partial charge in [0.1, 0.15) is 24.6 Å². The molecule has 8 rings (SSSR count). The molecule has 2 amide bonds. The highest BCUT2D eigenvalue weighted by Gasteiger charge is 2.31. The van der Waals surface area contributed by atoms with E-state index in [0.29, 0.717) is 16.9 Å². The summed E-state index contributed by atoms with van der Waals surface area (Å²) < 4.78 is 53.2. The number of anilines is 2. The molecule has 2 N–H and O–H groups in total. The third-order valence-electron chi connectivity index (χ3n) is 10.2. The Labute approximate surface area is 365 Å². The van der Waals surface area contributed by atoms with Crippen LogP contribution in [0.4, 0.5) is 24.5 Å². The van der Waals surface area contributed by atoms with Crippen molar-refractivity contribution < 1.29 is 32.2 Å². The second-order valence-corrected chi connectivity index (χ2v) is 14.6. The number of nitrogens with one attached hydrogen (secondary N) is 2. The molecule has 0 saturated heterocycles. The maximum Gasteiger partial charge on any atom is 0.573 e. The summed E-state index contributed by atoms with van der Waals surface area (Å²) in [5.41, 5.74) is 3.20. The van der Waals surface area contributed by atoms with E-state index in [0.717, 1.165) is 31.6 Å². The fourth-order valence-electron chi connectivity index (χ4n) is 6.89. The van der Waals surface area contributed by atoms with Gasteiger partial charge >= 0.3 is 17.7 Å². The van der Waals surface area contributed by atoms with Gasteiger partial charge in [0.25, 0.3) is 11.1 Å². The molecule has 0 aliphatic rings. The molecule has 334 valence electrons. The van der Waals surface area contributed by atoms with Crippen molar-refractivity contribution in [2.45, 2.75) is 19.5 Å². The third-order valence-corrected chi connectivity index (χ3v) is 10.2. The number of hydrogen-bond acceptors (Lipinski definition) is 10. The van der Waals surface area contributed by atoms with Crippen LogP contribution in [-0.2, 0) is 50.9 Å². The predicted octanol–water partition coefficient (Wildman–Crippen LogP) is 4.39. The van der Waals surface area contributed by atoms with Gasteiger partial charge in [0.2, 0.25) is 11.8 Å². The zero-order valence-electron chi connectivity index (χ0n) is 35.3. The van der Waals surface area contributed by atoms with E-state index < -0.39 is 34.8 Å². The Morgan fingerprint density at radius 2 is 0.985 bits per heavy atom. The van der Waals surface area contributed by atoms with Gasteiger partial charge in [-0.3, -0.25) is 37.4 Å². The molecule has 21 heteroatoms.